The van der Waals surface area contributed by atoms with Crippen LogP contribution in [-0.2, 0) is 0 Å². The Morgan fingerprint density at radius 1 is 1.20 bits per heavy atom. The molecule has 4 nitrogen and oxygen atoms in total. The maximum absolute atomic E-state index is 12.5. The summed E-state index contributed by atoms with van der Waals surface area (Å²) in [5, 5.41) is 3.31. The van der Waals surface area contributed by atoms with E-state index in [9.17, 15) is 4.79 Å². The van der Waals surface area contributed by atoms with Gasteiger partial charge in [0.2, 0.25) is 0 Å². The number of amides is 1. The third-order valence-electron chi connectivity index (χ3n) is 5.43. The van der Waals surface area contributed by atoms with Gasteiger partial charge in [0.15, 0.2) is 0 Å². The second-order valence-electron chi connectivity index (χ2n) is 7.13. The highest BCUT2D eigenvalue weighted by molar-refractivity contribution is 5.93. The number of nitrogen functional groups attached to an aromatic ring is 1. The number of hydrogen-bond acceptors (Lipinski definition) is 3. The Hall–Kier alpha value is -1.58. The molecular weight excluding hydrogens is 250 g/mol. The minimum absolute atomic E-state index is 0.0398. The predicted molar refractivity (Wildman–Crippen MR) is 77.0 cm³/mol. The molecular formula is C16H21N3O. The number of hydrogen-bond donors (Lipinski definition) is 2. The Kier molecular flexibility index (Phi) is 2.56. The smallest absolute Gasteiger partial charge is 0.270 e. The molecule has 0 radical (unpaired) electrons. The van der Waals surface area contributed by atoms with Gasteiger partial charge in [0.05, 0.1) is 0 Å². The van der Waals surface area contributed by atoms with Crippen LogP contribution in [0.15, 0.2) is 18.3 Å². The van der Waals surface area contributed by atoms with Crippen LogP contribution in [0.4, 0.5) is 5.69 Å². The Bertz CT molecular complexity index is 519. The maximum atomic E-state index is 12.5. The molecule has 4 aliphatic carbocycles. The molecule has 4 aliphatic rings. The van der Waals surface area contributed by atoms with Crippen LogP contribution in [-0.4, -0.2) is 16.4 Å². The summed E-state index contributed by atoms with van der Waals surface area (Å²) in [5.74, 6) is 2.43. The number of aromatic nitrogens is 1. The molecule has 0 aliphatic heterocycles. The molecule has 3 N–H and O–H groups in total. The van der Waals surface area contributed by atoms with Gasteiger partial charge in [-0.25, -0.2) is 0 Å². The Labute approximate surface area is 119 Å². The van der Waals surface area contributed by atoms with Crippen molar-refractivity contribution in [3.05, 3.63) is 24.0 Å². The van der Waals surface area contributed by atoms with Gasteiger partial charge in [0.1, 0.15) is 5.69 Å². The van der Waals surface area contributed by atoms with Gasteiger partial charge in [-0.2, -0.15) is 0 Å². The van der Waals surface area contributed by atoms with Crippen molar-refractivity contribution >= 4 is 11.6 Å². The topological polar surface area (TPSA) is 68.0 Å². The molecule has 0 spiro atoms. The van der Waals surface area contributed by atoms with E-state index in [2.05, 4.69) is 10.3 Å². The van der Waals surface area contributed by atoms with E-state index >= 15 is 0 Å². The average molecular weight is 271 g/mol. The summed E-state index contributed by atoms with van der Waals surface area (Å²) in [7, 11) is 0. The molecule has 4 fully saturated rings. The Balaban J connectivity index is 1.55. The molecule has 20 heavy (non-hydrogen) atoms. The molecule has 0 saturated heterocycles. The van der Waals surface area contributed by atoms with E-state index in [0.717, 1.165) is 37.0 Å². The molecule has 4 bridgehead atoms. The quantitative estimate of drug-likeness (QED) is 0.867. The number of pyridine rings is 1. The normalized spacial score (nSPS) is 37.9. The molecule has 1 aromatic rings. The summed E-state index contributed by atoms with van der Waals surface area (Å²) < 4.78 is 0. The van der Waals surface area contributed by atoms with Gasteiger partial charge in [-0.15, -0.1) is 0 Å². The lowest BCUT2D eigenvalue weighted by molar-refractivity contribution is -0.0167. The van der Waals surface area contributed by atoms with E-state index in [4.69, 9.17) is 5.73 Å². The average Bonchev–Trinajstić information content (AvgIpc) is 2.36. The fraction of sp³-hybridized carbons (Fsp3) is 0.625. The van der Waals surface area contributed by atoms with Crippen LogP contribution in [0.5, 0.6) is 0 Å². The van der Waals surface area contributed by atoms with Gasteiger partial charge in [-0.1, -0.05) is 0 Å². The SMILES string of the molecule is Nc1ccnc(C(=O)NC23CC4CC(CC(C4)C2)C3)c1. The lowest BCUT2D eigenvalue weighted by Crippen LogP contribution is -2.59. The molecule has 106 valence electrons. The summed E-state index contributed by atoms with van der Waals surface area (Å²) in [5.41, 5.74) is 6.82. The molecule has 4 saturated carbocycles. The highest BCUT2D eigenvalue weighted by Gasteiger charge is 2.51. The van der Waals surface area contributed by atoms with Crippen LogP contribution in [0.1, 0.15) is 49.0 Å². The lowest BCUT2D eigenvalue weighted by atomic mass is 9.53. The summed E-state index contributed by atoms with van der Waals surface area (Å²) in [6, 6.07) is 3.37. The summed E-state index contributed by atoms with van der Waals surface area (Å²) in [4.78, 5) is 16.6. The van der Waals surface area contributed by atoms with Crippen LogP contribution in [0.2, 0.25) is 0 Å². The first-order valence-electron chi connectivity index (χ1n) is 7.66. The van der Waals surface area contributed by atoms with Crippen LogP contribution >= 0.6 is 0 Å². The predicted octanol–water partition coefficient (Wildman–Crippen LogP) is 2.36. The van der Waals surface area contributed by atoms with Crippen LogP contribution < -0.4 is 11.1 Å². The van der Waals surface area contributed by atoms with Gasteiger partial charge in [-0.05, 0) is 68.4 Å². The zero-order valence-corrected chi connectivity index (χ0v) is 11.6. The van der Waals surface area contributed by atoms with Crippen molar-refractivity contribution in [3.63, 3.8) is 0 Å². The molecule has 0 unspecified atom stereocenters. The molecule has 4 heteroatoms. The first-order chi connectivity index (χ1) is 9.62. The lowest BCUT2D eigenvalue weighted by Gasteiger charge is -2.56. The van der Waals surface area contributed by atoms with Crippen LogP contribution in [0, 0.1) is 17.8 Å². The number of nitrogens with zero attached hydrogens (tertiary/aromatic N) is 1. The van der Waals surface area contributed by atoms with E-state index < -0.39 is 0 Å². The third-order valence-corrected chi connectivity index (χ3v) is 5.43. The number of carbonyl (C=O) groups excluding carboxylic acids is 1. The zero-order chi connectivity index (χ0) is 13.7. The third kappa shape index (κ3) is 1.98. The van der Waals surface area contributed by atoms with Crippen molar-refractivity contribution < 1.29 is 4.79 Å². The minimum Gasteiger partial charge on any atom is -0.399 e. The van der Waals surface area contributed by atoms with Crippen molar-refractivity contribution in [2.45, 2.75) is 44.1 Å². The first kappa shape index (κ1) is 12.2. The first-order valence-corrected chi connectivity index (χ1v) is 7.66. The highest BCUT2D eigenvalue weighted by Crippen LogP contribution is 2.55. The van der Waals surface area contributed by atoms with Gasteiger partial charge >= 0.3 is 0 Å². The summed E-state index contributed by atoms with van der Waals surface area (Å²) in [6.45, 7) is 0. The number of rotatable bonds is 2. The van der Waals surface area contributed by atoms with E-state index in [1.54, 1.807) is 18.3 Å². The maximum Gasteiger partial charge on any atom is 0.270 e. The van der Waals surface area contributed by atoms with Crippen molar-refractivity contribution in [1.29, 1.82) is 0 Å². The summed E-state index contributed by atoms with van der Waals surface area (Å²) in [6.07, 6.45) is 9.22. The van der Waals surface area contributed by atoms with E-state index in [1.807, 2.05) is 0 Å². The van der Waals surface area contributed by atoms with Gasteiger partial charge in [0.25, 0.3) is 5.91 Å². The largest absolute Gasteiger partial charge is 0.399 e. The minimum atomic E-state index is -0.0562. The molecule has 5 rings (SSSR count). The molecule has 1 aromatic heterocycles. The zero-order valence-electron chi connectivity index (χ0n) is 11.6. The van der Waals surface area contributed by atoms with Gasteiger partial charge in [0, 0.05) is 17.4 Å². The van der Waals surface area contributed by atoms with Crippen molar-refractivity contribution in [3.8, 4) is 0 Å². The Morgan fingerprint density at radius 2 is 1.80 bits per heavy atom. The number of nitrogens with two attached hydrogens (primary N) is 1. The number of anilines is 1. The fourth-order valence-electron chi connectivity index (χ4n) is 5.14. The van der Waals surface area contributed by atoms with Gasteiger partial charge < -0.3 is 11.1 Å². The highest BCUT2D eigenvalue weighted by atomic mass is 16.2. The molecule has 1 amide bonds. The Morgan fingerprint density at radius 3 is 2.35 bits per heavy atom. The standard InChI is InChI=1S/C16H21N3O/c17-13-1-2-18-14(6-13)15(20)19-16-7-10-3-11(8-16)5-12(4-10)9-16/h1-2,6,10-12H,3-5,7-9H2,(H2,17,18)(H,19,20). The van der Waals surface area contributed by atoms with Crippen molar-refractivity contribution in [2.24, 2.45) is 17.8 Å². The van der Waals surface area contributed by atoms with E-state index in [-0.39, 0.29) is 11.4 Å². The second kappa shape index (κ2) is 4.21. The van der Waals surface area contributed by atoms with E-state index in [1.165, 1.54) is 19.3 Å². The van der Waals surface area contributed by atoms with Crippen molar-refractivity contribution in [2.75, 3.05) is 5.73 Å². The monoisotopic (exact) mass is 271 g/mol. The molecule has 0 aromatic carbocycles. The molecule has 1 heterocycles. The fourth-order valence-corrected chi connectivity index (χ4v) is 5.14. The van der Waals surface area contributed by atoms with Crippen LogP contribution in [0.25, 0.3) is 0 Å². The number of carbonyl (C=O) groups is 1. The van der Waals surface area contributed by atoms with E-state index in [0.29, 0.717) is 11.4 Å². The van der Waals surface area contributed by atoms with Crippen molar-refractivity contribution in [1.82, 2.24) is 10.3 Å². The number of nitrogens with one attached hydrogen (secondary N) is 1. The molecule has 0 atom stereocenters. The van der Waals surface area contributed by atoms with Crippen LogP contribution in [0.3, 0.4) is 0 Å². The van der Waals surface area contributed by atoms with Gasteiger partial charge in [-0.3, -0.25) is 9.78 Å². The summed E-state index contributed by atoms with van der Waals surface area (Å²) >= 11 is 0. The second-order valence-corrected chi connectivity index (χ2v) is 7.13.